The molecule has 0 spiro atoms. The van der Waals surface area contributed by atoms with Gasteiger partial charge in [0.1, 0.15) is 5.82 Å². The number of aromatic nitrogens is 2. The maximum Gasteiger partial charge on any atom is 0.263 e. The number of hydrogen-bond donors (Lipinski definition) is 0. The number of nitrogens with zero attached hydrogens (tertiary/aromatic N) is 3. The van der Waals surface area contributed by atoms with E-state index >= 15 is 0 Å². The van der Waals surface area contributed by atoms with Gasteiger partial charge in [0.15, 0.2) is 0 Å². The summed E-state index contributed by atoms with van der Waals surface area (Å²) in [6, 6.07) is 4.26. The number of hydrogen-bond acceptors (Lipinski definition) is 3. The number of thiophene rings is 1. The third kappa shape index (κ3) is 2.47. The van der Waals surface area contributed by atoms with Crippen molar-refractivity contribution >= 4 is 17.2 Å². The Kier molecular flexibility index (Phi) is 3.53. The van der Waals surface area contributed by atoms with Gasteiger partial charge >= 0.3 is 0 Å². The predicted molar refractivity (Wildman–Crippen MR) is 87.4 cm³/mol. The van der Waals surface area contributed by atoms with Gasteiger partial charge in [-0.1, -0.05) is 6.07 Å². The number of imidazole rings is 1. The fraction of sp³-hybridized carbons (Fsp3) is 0.529. The molecule has 1 aliphatic carbocycles. The van der Waals surface area contributed by atoms with Gasteiger partial charge in [-0.25, -0.2) is 4.98 Å². The molecule has 0 radical (unpaired) electrons. The van der Waals surface area contributed by atoms with Crippen LogP contribution in [0.4, 0.5) is 0 Å². The highest BCUT2D eigenvalue weighted by Gasteiger charge is 2.33. The van der Waals surface area contributed by atoms with E-state index in [1.165, 1.54) is 35.7 Å². The Morgan fingerprint density at radius 2 is 2.23 bits per heavy atom. The molecule has 0 bridgehead atoms. The van der Waals surface area contributed by atoms with Crippen molar-refractivity contribution in [3.8, 4) is 0 Å². The molecular formula is C17H21N3OS. The van der Waals surface area contributed by atoms with Crippen molar-refractivity contribution in [2.75, 3.05) is 13.1 Å². The number of carbonyl (C=O) groups is 1. The van der Waals surface area contributed by atoms with Gasteiger partial charge in [-0.05, 0) is 44.1 Å². The average molecular weight is 315 g/mol. The van der Waals surface area contributed by atoms with Crippen LogP contribution in [0.5, 0.6) is 0 Å². The summed E-state index contributed by atoms with van der Waals surface area (Å²) in [7, 11) is 0. The van der Waals surface area contributed by atoms with Crippen LogP contribution < -0.4 is 0 Å². The molecule has 0 N–H and O–H groups in total. The molecule has 1 unspecified atom stereocenters. The fourth-order valence-corrected chi connectivity index (χ4v) is 4.18. The topological polar surface area (TPSA) is 38.1 Å². The van der Waals surface area contributed by atoms with Crippen LogP contribution in [0.3, 0.4) is 0 Å². The van der Waals surface area contributed by atoms with Crippen molar-refractivity contribution < 1.29 is 4.79 Å². The van der Waals surface area contributed by atoms with Gasteiger partial charge in [0.05, 0.1) is 10.9 Å². The Labute approximate surface area is 134 Å². The van der Waals surface area contributed by atoms with Crippen LogP contribution in [0.25, 0.3) is 0 Å². The van der Waals surface area contributed by atoms with Crippen LogP contribution in [0.1, 0.15) is 58.8 Å². The van der Waals surface area contributed by atoms with E-state index in [2.05, 4.69) is 16.5 Å². The zero-order valence-electron chi connectivity index (χ0n) is 12.9. The first-order valence-corrected chi connectivity index (χ1v) is 8.98. The van der Waals surface area contributed by atoms with Crippen molar-refractivity contribution in [2.24, 2.45) is 0 Å². The lowest BCUT2D eigenvalue weighted by atomic mass is 10.0. The first-order valence-electron chi connectivity index (χ1n) is 8.10. The zero-order chi connectivity index (χ0) is 15.1. The first-order chi connectivity index (χ1) is 10.7. The van der Waals surface area contributed by atoms with Crippen molar-refractivity contribution in [3.05, 3.63) is 40.1 Å². The molecule has 3 heterocycles. The summed E-state index contributed by atoms with van der Waals surface area (Å²) in [6.07, 6.45) is 6.74. The third-order valence-corrected chi connectivity index (χ3v) is 5.59. The van der Waals surface area contributed by atoms with Crippen molar-refractivity contribution in [1.82, 2.24) is 14.5 Å². The highest BCUT2D eigenvalue weighted by molar-refractivity contribution is 7.12. The summed E-state index contributed by atoms with van der Waals surface area (Å²) < 4.78 is 2.41. The Hall–Kier alpha value is -1.62. The molecule has 2 aromatic heterocycles. The van der Waals surface area contributed by atoms with Gasteiger partial charge in [-0.3, -0.25) is 4.79 Å². The normalized spacial score (nSPS) is 22.0. The highest BCUT2D eigenvalue weighted by atomic mass is 32.1. The lowest BCUT2D eigenvalue weighted by Gasteiger charge is -2.34. The van der Waals surface area contributed by atoms with E-state index in [4.69, 9.17) is 0 Å². The molecule has 116 valence electrons. The maximum absolute atomic E-state index is 12.6. The largest absolute Gasteiger partial charge is 0.336 e. The summed E-state index contributed by atoms with van der Waals surface area (Å²) >= 11 is 1.53. The van der Waals surface area contributed by atoms with Crippen LogP contribution in [-0.2, 0) is 0 Å². The lowest BCUT2D eigenvalue weighted by Crippen LogP contribution is -2.41. The van der Waals surface area contributed by atoms with Gasteiger partial charge < -0.3 is 9.47 Å². The molecule has 1 saturated carbocycles. The molecular weight excluding hydrogens is 294 g/mol. The number of likely N-dealkylation sites (tertiary alicyclic amines) is 1. The second kappa shape index (κ2) is 5.54. The van der Waals surface area contributed by atoms with E-state index in [1.807, 2.05) is 28.6 Å². The smallest absolute Gasteiger partial charge is 0.263 e. The van der Waals surface area contributed by atoms with Crippen molar-refractivity contribution in [3.63, 3.8) is 0 Å². The summed E-state index contributed by atoms with van der Waals surface area (Å²) in [5.74, 6) is 2.08. The van der Waals surface area contributed by atoms with E-state index in [1.54, 1.807) is 0 Å². The summed E-state index contributed by atoms with van der Waals surface area (Å²) in [6.45, 7) is 3.83. The van der Waals surface area contributed by atoms with Crippen LogP contribution >= 0.6 is 11.3 Å². The van der Waals surface area contributed by atoms with Crippen molar-refractivity contribution in [1.29, 1.82) is 0 Å². The molecule has 5 heteroatoms. The van der Waals surface area contributed by atoms with Gasteiger partial charge in [-0.2, -0.15) is 0 Å². The maximum atomic E-state index is 12.6. The average Bonchev–Trinajstić information content (AvgIpc) is 3.09. The number of amides is 1. The number of aryl methyl sites for hydroxylation is 1. The number of rotatable bonds is 3. The third-order valence-electron chi connectivity index (χ3n) is 4.73. The van der Waals surface area contributed by atoms with E-state index in [0.29, 0.717) is 12.0 Å². The molecule has 2 aliphatic rings. The standard InChI is InChI=1S/C17H21N3OS/c1-12-10-18-16(13-6-7-13)20(12)14-4-2-8-19(11-14)17(21)15-5-3-9-22-15/h3,5,9-10,13-14H,2,4,6-8,11H2,1H3. The van der Waals surface area contributed by atoms with E-state index in [-0.39, 0.29) is 5.91 Å². The molecule has 4 rings (SSSR count). The molecule has 1 atom stereocenters. The minimum atomic E-state index is 0.186. The van der Waals surface area contributed by atoms with E-state index in [9.17, 15) is 4.79 Å². The van der Waals surface area contributed by atoms with Crippen LogP contribution in [0.2, 0.25) is 0 Å². The second-order valence-corrected chi connectivity index (χ2v) is 7.37. The Morgan fingerprint density at radius 3 is 2.95 bits per heavy atom. The highest BCUT2D eigenvalue weighted by Crippen LogP contribution is 2.41. The van der Waals surface area contributed by atoms with E-state index in [0.717, 1.165) is 30.8 Å². The molecule has 2 aromatic rings. The monoisotopic (exact) mass is 315 g/mol. The Balaban J connectivity index is 1.56. The lowest BCUT2D eigenvalue weighted by molar-refractivity contribution is 0.0681. The second-order valence-electron chi connectivity index (χ2n) is 6.43. The summed E-state index contributed by atoms with van der Waals surface area (Å²) in [5, 5.41) is 1.97. The van der Waals surface area contributed by atoms with Gasteiger partial charge in [0.2, 0.25) is 0 Å². The van der Waals surface area contributed by atoms with Crippen LogP contribution in [0.15, 0.2) is 23.7 Å². The van der Waals surface area contributed by atoms with E-state index < -0.39 is 0 Å². The summed E-state index contributed by atoms with van der Waals surface area (Å²) in [5.41, 5.74) is 1.23. The molecule has 0 aromatic carbocycles. The fourth-order valence-electron chi connectivity index (χ4n) is 3.49. The molecule has 22 heavy (non-hydrogen) atoms. The number of piperidine rings is 1. The SMILES string of the molecule is Cc1cnc(C2CC2)n1C1CCCN(C(=O)c2cccs2)C1. The minimum Gasteiger partial charge on any atom is -0.336 e. The molecule has 2 fully saturated rings. The Bertz CT molecular complexity index is 672. The van der Waals surface area contributed by atoms with Crippen molar-refractivity contribution in [2.45, 2.75) is 44.6 Å². The van der Waals surface area contributed by atoms with Crippen LogP contribution in [0, 0.1) is 6.92 Å². The molecule has 1 aliphatic heterocycles. The first kappa shape index (κ1) is 14.0. The molecule has 1 saturated heterocycles. The minimum absolute atomic E-state index is 0.186. The summed E-state index contributed by atoms with van der Waals surface area (Å²) in [4.78, 5) is 20.1. The quantitative estimate of drug-likeness (QED) is 0.868. The number of carbonyl (C=O) groups excluding carboxylic acids is 1. The van der Waals surface area contributed by atoms with Crippen LogP contribution in [-0.4, -0.2) is 33.4 Å². The molecule has 1 amide bonds. The van der Waals surface area contributed by atoms with Gasteiger partial charge in [-0.15, -0.1) is 11.3 Å². The van der Waals surface area contributed by atoms with Gasteiger partial charge in [0, 0.05) is 30.9 Å². The Morgan fingerprint density at radius 1 is 1.36 bits per heavy atom. The molecule has 4 nitrogen and oxygen atoms in total. The predicted octanol–water partition coefficient (Wildman–Crippen LogP) is 3.61. The zero-order valence-corrected chi connectivity index (χ0v) is 13.7. The van der Waals surface area contributed by atoms with Gasteiger partial charge in [0.25, 0.3) is 5.91 Å².